The molecule has 0 amide bonds. The van der Waals surface area contributed by atoms with Gasteiger partial charge in [-0.25, -0.2) is 4.39 Å². The molecule has 1 N–H and O–H groups in total. The largest absolute Gasteiger partial charge is 0.310 e. The summed E-state index contributed by atoms with van der Waals surface area (Å²) in [5.41, 5.74) is 2.25. The number of halogens is 1. The number of benzene rings is 2. The van der Waals surface area contributed by atoms with Crippen LogP contribution in [-0.2, 0) is 0 Å². The maximum atomic E-state index is 13.5. The zero-order chi connectivity index (χ0) is 14.5. The van der Waals surface area contributed by atoms with Gasteiger partial charge in [-0.15, -0.1) is 0 Å². The average Bonchev–Trinajstić information content (AvgIpc) is 2.43. The van der Waals surface area contributed by atoms with E-state index in [-0.39, 0.29) is 11.9 Å². The summed E-state index contributed by atoms with van der Waals surface area (Å²) in [6.07, 6.45) is 0. The highest BCUT2D eigenvalue weighted by Crippen LogP contribution is 2.35. The van der Waals surface area contributed by atoms with Gasteiger partial charge in [-0.1, -0.05) is 36.9 Å². The third-order valence-electron chi connectivity index (χ3n) is 3.26. The van der Waals surface area contributed by atoms with Crippen LogP contribution in [0.5, 0.6) is 0 Å². The molecule has 0 heterocycles. The summed E-state index contributed by atoms with van der Waals surface area (Å²) in [5.74, 6) is -0.182. The van der Waals surface area contributed by atoms with Gasteiger partial charge in [0.05, 0.1) is 0 Å². The molecule has 1 unspecified atom stereocenters. The van der Waals surface area contributed by atoms with Gasteiger partial charge in [0.15, 0.2) is 0 Å². The van der Waals surface area contributed by atoms with Gasteiger partial charge in [-0.2, -0.15) is 0 Å². The second-order valence-corrected chi connectivity index (χ2v) is 5.91. The highest BCUT2D eigenvalue weighted by Gasteiger charge is 2.12. The highest BCUT2D eigenvalue weighted by atomic mass is 32.2. The molecular formula is C17H20FNS. The van der Waals surface area contributed by atoms with Crippen LogP contribution in [0.15, 0.2) is 52.3 Å². The minimum absolute atomic E-state index is 0.141. The Bertz CT molecular complexity index is 583. The molecule has 0 aromatic heterocycles. The Morgan fingerprint density at radius 1 is 1.15 bits per heavy atom. The van der Waals surface area contributed by atoms with Gasteiger partial charge in [0.25, 0.3) is 0 Å². The molecule has 0 saturated heterocycles. The Morgan fingerprint density at radius 3 is 2.60 bits per heavy atom. The maximum Gasteiger partial charge on any atom is 0.123 e. The van der Waals surface area contributed by atoms with Gasteiger partial charge < -0.3 is 5.32 Å². The van der Waals surface area contributed by atoms with Gasteiger partial charge >= 0.3 is 0 Å². The lowest BCUT2D eigenvalue weighted by Gasteiger charge is -2.17. The van der Waals surface area contributed by atoms with E-state index in [1.165, 1.54) is 16.5 Å². The van der Waals surface area contributed by atoms with Crippen LogP contribution in [0.4, 0.5) is 4.39 Å². The molecule has 1 nitrogen and oxygen atoms in total. The number of hydrogen-bond donors (Lipinski definition) is 1. The van der Waals surface area contributed by atoms with Gasteiger partial charge in [-0.3, -0.25) is 0 Å². The lowest BCUT2D eigenvalue weighted by Crippen LogP contribution is -2.18. The van der Waals surface area contributed by atoms with Crippen LogP contribution in [0.2, 0.25) is 0 Å². The first-order valence-electron chi connectivity index (χ1n) is 6.88. The first kappa shape index (κ1) is 15.1. The third-order valence-corrected chi connectivity index (χ3v) is 4.53. The van der Waals surface area contributed by atoms with E-state index < -0.39 is 0 Å². The molecule has 0 spiro atoms. The molecule has 2 aromatic rings. The van der Waals surface area contributed by atoms with Crippen molar-refractivity contribution in [1.29, 1.82) is 0 Å². The normalized spacial score (nSPS) is 12.4. The van der Waals surface area contributed by atoms with E-state index in [0.717, 1.165) is 17.0 Å². The van der Waals surface area contributed by atoms with Crippen molar-refractivity contribution >= 4 is 11.8 Å². The zero-order valence-electron chi connectivity index (χ0n) is 12.1. The van der Waals surface area contributed by atoms with Crippen LogP contribution < -0.4 is 5.32 Å². The van der Waals surface area contributed by atoms with Crippen molar-refractivity contribution in [3.8, 4) is 0 Å². The predicted molar refractivity (Wildman–Crippen MR) is 83.8 cm³/mol. The van der Waals surface area contributed by atoms with Gasteiger partial charge in [0, 0.05) is 15.8 Å². The van der Waals surface area contributed by atoms with Crippen molar-refractivity contribution in [2.45, 2.75) is 36.6 Å². The molecule has 0 bridgehead atoms. The first-order valence-corrected chi connectivity index (χ1v) is 7.69. The smallest absolute Gasteiger partial charge is 0.123 e. The van der Waals surface area contributed by atoms with Crippen molar-refractivity contribution in [2.75, 3.05) is 6.54 Å². The second-order valence-electron chi connectivity index (χ2n) is 4.83. The van der Waals surface area contributed by atoms with Crippen molar-refractivity contribution < 1.29 is 4.39 Å². The molecule has 3 heteroatoms. The number of rotatable bonds is 5. The Kier molecular flexibility index (Phi) is 5.21. The average molecular weight is 289 g/mol. The maximum absolute atomic E-state index is 13.5. The molecule has 2 rings (SSSR count). The van der Waals surface area contributed by atoms with Crippen molar-refractivity contribution in [3.63, 3.8) is 0 Å². The summed E-state index contributed by atoms with van der Waals surface area (Å²) < 4.78 is 13.5. The van der Waals surface area contributed by atoms with Gasteiger partial charge in [0.1, 0.15) is 5.82 Å². The van der Waals surface area contributed by atoms with E-state index in [1.807, 2.05) is 18.2 Å². The monoisotopic (exact) mass is 289 g/mol. The Labute approximate surface area is 124 Å². The van der Waals surface area contributed by atoms with E-state index in [4.69, 9.17) is 0 Å². The molecule has 20 heavy (non-hydrogen) atoms. The molecule has 0 fully saturated rings. The van der Waals surface area contributed by atoms with Crippen LogP contribution in [0.1, 0.15) is 31.0 Å². The molecule has 2 aromatic carbocycles. The number of aryl methyl sites for hydroxylation is 1. The first-order chi connectivity index (χ1) is 9.61. The molecular weight excluding hydrogens is 269 g/mol. The summed E-state index contributed by atoms with van der Waals surface area (Å²) in [5, 5.41) is 3.35. The van der Waals surface area contributed by atoms with E-state index in [2.05, 4.69) is 38.2 Å². The Hall–Kier alpha value is -1.32. The van der Waals surface area contributed by atoms with Gasteiger partial charge in [0.2, 0.25) is 0 Å². The molecule has 0 saturated carbocycles. The lowest BCUT2D eigenvalue weighted by atomic mass is 10.1. The van der Waals surface area contributed by atoms with Crippen LogP contribution >= 0.6 is 11.8 Å². The minimum Gasteiger partial charge on any atom is -0.310 e. The zero-order valence-corrected chi connectivity index (χ0v) is 12.9. The highest BCUT2D eigenvalue weighted by molar-refractivity contribution is 7.99. The fraction of sp³-hybridized carbons (Fsp3) is 0.294. The summed E-state index contributed by atoms with van der Waals surface area (Å²) in [6.45, 7) is 7.09. The minimum atomic E-state index is -0.182. The quantitative estimate of drug-likeness (QED) is 0.835. The predicted octanol–water partition coefficient (Wildman–Crippen LogP) is 4.96. The number of nitrogens with one attached hydrogen (secondary N) is 1. The Morgan fingerprint density at radius 2 is 1.90 bits per heavy atom. The van der Waals surface area contributed by atoms with E-state index >= 15 is 0 Å². The second kappa shape index (κ2) is 6.91. The molecule has 0 aliphatic rings. The van der Waals surface area contributed by atoms with Crippen LogP contribution in [-0.4, -0.2) is 6.54 Å². The molecule has 1 atom stereocenters. The van der Waals surface area contributed by atoms with E-state index in [1.54, 1.807) is 17.8 Å². The summed E-state index contributed by atoms with van der Waals surface area (Å²) in [6, 6.07) is 13.4. The molecule has 106 valence electrons. The topological polar surface area (TPSA) is 12.0 Å². The van der Waals surface area contributed by atoms with E-state index in [0.29, 0.717) is 0 Å². The third kappa shape index (κ3) is 3.62. The Balaban J connectivity index is 2.34. The van der Waals surface area contributed by atoms with E-state index in [9.17, 15) is 4.39 Å². The van der Waals surface area contributed by atoms with Crippen LogP contribution in [0.3, 0.4) is 0 Å². The summed E-state index contributed by atoms with van der Waals surface area (Å²) >= 11 is 1.70. The van der Waals surface area contributed by atoms with Crippen molar-refractivity contribution in [3.05, 3.63) is 59.4 Å². The SMILES string of the molecule is CCNC(C)c1cc(F)ccc1Sc1ccccc1C. The van der Waals surface area contributed by atoms with Gasteiger partial charge in [-0.05, 0) is 55.8 Å². The lowest BCUT2D eigenvalue weighted by molar-refractivity contribution is 0.574. The summed E-state index contributed by atoms with van der Waals surface area (Å²) in [4.78, 5) is 2.32. The number of hydrogen-bond acceptors (Lipinski definition) is 2. The standard InChI is InChI=1S/C17H20FNS/c1-4-19-13(3)15-11-14(18)9-10-17(15)20-16-8-6-5-7-12(16)2/h5-11,13,19H,4H2,1-3H3. The molecule has 0 aliphatic carbocycles. The summed E-state index contributed by atoms with van der Waals surface area (Å²) in [7, 11) is 0. The fourth-order valence-corrected chi connectivity index (χ4v) is 3.26. The van der Waals surface area contributed by atoms with Crippen LogP contribution in [0, 0.1) is 12.7 Å². The molecule has 0 radical (unpaired) electrons. The van der Waals surface area contributed by atoms with Crippen LogP contribution in [0.25, 0.3) is 0 Å². The van der Waals surface area contributed by atoms with Crippen molar-refractivity contribution in [1.82, 2.24) is 5.32 Å². The van der Waals surface area contributed by atoms with Crippen molar-refractivity contribution in [2.24, 2.45) is 0 Å². The molecule has 0 aliphatic heterocycles. The fourth-order valence-electron chi connectivity index (χ4n) is 2.16.